The molecule has 0 bridgehead atoms. The number of benzene rings is 2. The van der Waals surface area contributed by atoms with Crippen LogP contribution in [0, 0.1) is 0 Å². The maximum atomic E-state index is 11.7. The molecule has 0 heterocycles. The highest BCUT2D eigenvalue weighted by molar-refractivity contribution is 9.10. The summed E-state index contributed by atoms with van der Waals surface area (Å²) in [4.78, 5) is 11.7. The minimum Gasteiger partial charge on any atom is -0.496 e. The van der Waals surface area contributed by atoms with Crippen molar-refractivity contribution < 1.29 is 9.53 Å². The van der Waals surface area contributed by atoms with Crippen molar-refractivity contribution in [1.82, 2.24) is 5.43 Å². The molecule has 0 fully saturated rings. The van der Waals surface area contributed by atoms with Crippen LogP contribution in [-0.4, -0.2) is 19.4 Å². The van der Waals surface area contributed by atoms with Gasteiger partial charge in [-0.3, -0.25) is 0 Å². The molecule has 0 atom stereocenters. The second-order valence-corrected chi connectivity index (χ2v) is 5.57. The van der Waals surface area contributed by atoms with Gasteiger partial charge in [0.15, 0.2) is 0 Å². The number of amides is 2. The summed E-state index contributed by atoms with van der Waals surface area (Å²) >= 11 is 9.21. The highest BCUT2D eigenvalue weighted by Gasteiger charge is 2.02. The Hall–Kier alpha value is -2.05. The van der Waals surface area contributed by atoms with Crippen LogP contribution in [-0.2, 0) is 0 Å². The van der Waals surface area contributed by atoms with Crippen molar-refractivity contribution in [3.63, 3.8) is 0 Å². The maximum absolute atomic E-state index is 11.7. The van der Waals surface area contributed by atoms with Gasteiger partial charge in [0, 0.05) is 20.7 Å². The van der Waals surface area contributed by atoms with Crippen LogP contribution in [0.4, 0.5) is 10.5 Å². The number of methoxy groups -OCH3 is 1. The molecular weight excluding hydrogens is 370 g/mol. The summed E-state index contributed by atoms with van der Waals surface area (Å²) in [5.74, 6) is 0.656. The molecule has 114 valence electrons. The Balaban J connectivity index is 1.97. The monoisotopic (exact) mass is 381 g/mol. The predicted octanol–water partition coefficient (Wildman–Crippen LogP) is 4.27. The first-order valence-corrected chi connectivity index (χ1v) is 7.45. The number of carbonyl (C=O) groups excluding carboxylic acids is 1. The Kier molecular flexibility index (Phi) is 5.80. The first-order valence-electron chi connectivity index (χ1n) is 6.27. The summed E-state index contributed by atoms with van der Waals surface area (Å²) in [5, 5.41) is 7.05. The van der Waals surface area contributed by atoms with Gasteiger partial charge < -0.3 is 10.1 Å². The summed E-state index contributed by atoms with van der Waals surface area (Å²) in [7, 11) is 1.57. The molecule has 7 heteroatoms. The molecule has 2 rings (SSSR count). The fraction of sp³-hybridized carbons (Fsp3) is 0.0667. The third kappa shape index (κ3) is 4.75. The molecule has 0 unspecified atom stereocenters. The van der Waals surface area contributed by atoms with Crippen molar-refractivity contribution in [3.8, 4) is 5.75 Å². The number of carbonyl (C=O) groups is 1. The van der Waals surface area contributed by atoms with Crippen LogP contribution in [0.25, 0.3) is 0 Å². The molecule has 22 heavy (non-hydrogen) atoms. The van der Waals surface area contributed by atoms with Gasteiger partial charge in [0.2, 0.25) is 0 Å². The minimum atomic E-state index is -0.465. The Morgan fingerprint density at radius 2 is 2.14 bits per heavy atom. The largest absolute Gasteiger partial charge is 0.496 e. The van der Waals surface area contributed by atoms with Gasteiger partial charge >= 0.3 is 6.03 Å². The molecule has 0 aromatic heterocycles. The van der Waals surface area contributed by atoms with E-state index >= 15 is 0 Å². The number of ether oxygens (including phenoxy) is 1. The van der Waals surface area contributed by atoms with Crippen LogP contribution in [0.15, 0.2) is 52.0 Å². The molecule has 0 radical (unpaired) electrons. The van der Waals surface area contributed by atoms with Gasteiger partial charge in [0.05, 0.1) is 13.3 Å². The first kappa shape index (κ1) is 16.3. The van der Waals surface area contributed by atoms with Crippen LogP contribution in [0.2, 0.25) is 5.02 Å². The second kappa shape index (κ2) is 7.82. The van der Waals surface area contributed by atoms with Crippen LogP contribution in [0.3, 0.4) is 0 Å². The average Bonchev–Trinajstić information content (AvgIpc) is 2.47. The number of urea groups is 1. The molecule has 0 saturated heterocycles. The standard InChI is InChI=1S/C15H13BrClN3O2/c1-22-14-6-5-11(16)7-10(14)9-18-20-15(21)19-13-4-2-3-12(17)8-13/h2-9H,1H3,(H2,19,20,21)/b18-9-. The van der Waals surface area contributed by atoms with Gasteiger partial charge in [0.25, 0.3) is 0 Å². The zero-order chi connectivity index (χ0) is 15.9. The molecule has 0 saturated carbocycles. The third-order valence-corrected chi connectivity index (χ3v) is 3.37. The zero-order valence-electron chi connectivity index (χ0n) is 11.6. The highest BCUT2D eigenvalue weighted by Crippen LogP contribution is 2.21. The van der Waals surface area contributed by atoms with E-state index in [-0.39, 0.29) is 0 Å². The van der Waals surface area contributed by atoms with Gasteiger partial charge in [-0.25, -0.2) is 10.2 Å². The number of nitrogens with one attached hydrogen (secondary N) is 2. The van der Waals surface area contributed by atoms with Gasteiger partial charge in [-0.1, -0.05) is 33.6 Å². The van der Waals surface area contributed by atoms with Gasteiger partial charge in [0.1, 0.15) is 5.75 Å². The van der Waals surface area contributed by atoms with E-state index in [9.17, 15) is 4.79 Å². The first-order chi connectivity index (χ1) is 10.6. The number of nitrogens with zero attached hydrogens (tertiary/aromatic N) is 1. The Morgan fingerprint density at radius 1 is 1.32 bits per heavy atom. The molecular formula is C15H13BrClN3O2. The Bertz CT molecular complexity index is 707. The predicted molar refractivity (Wildman–Crippen MR) is 91.9 cm³/mol. The maximum Gasteiger partial charge on any atom is 0.339 e. The third-order valence-electron chi connectivity index (χ3n) is 2.64. The normalized spacial score (nSPS) is 10.5. The van der Waals surface area contributed by atoms with Gasteiger partial charge in [-0.2, -0.15) is 5.10 Å². The summed E-state index contributed by atoms with van der Waals surface area (Å²) in [6.07, 6.45) is 1.50. The van der Waals surface area contributed by atoms with Crippen molar-refractivity contribution in [2.24, 2.45) is 5.10 Å². The lowest BCUT2D eigenvalue weighted by Crippen LogP contribution is -2.24. The van der Waals surface area contributed by atoms with Crippen LogP contribution < -0.4 is 15.5 Å². The molecule has 0 aliphatic rings. The lowest BCUT2D eigenvalue weighted by atomic mass is 10.2. The Labute approximate surface area is 141 Å². The fourth-order valence-corrected chi connectivity index (χ4v) is 2.26. The number of hydrazone groups is 1. The van der Waals surface area contributed by atoms with Gasteiger partial charge in [-0.15, -0.1) is 0 Å². The Morgan fingerprint density at radius 3 is 2.86 bits per heavy atom. The molecule has 2 N–H and O–H groups in total. The van der Waals surface area contributed by atoms with Crippen LogP contribution >= 0.6 is 27.5 Å². The van der Waals surface area contributed by atoms with E-state index in [1.54, 1.807) is 37.4 Å². The number of halogens is 2. The minimum absolute atomic E-state index is 0.465. The van der Waals surface area contributed by atoms with Crippen molar-refractivity contribution in [2.75, 3.05) is 12.4 Å². The SMILES string of the molecule is COc1ccc(Br)cc1/C=N\NC(=O)Nc1cccc(Cl)c1. The van der Waals surface area contributed by atoms with Crippen molar-refractivity contribution in [3.05, 3.63) is 57.5 Å². The molecule has 5 nitrogen and oxygen atoms in total. The molecule has 0 aliphatic heterocycles. The highest BCUT2D eigenvalue weighted by atomic mass is 79.9. The van der Waals surface area contributed by atoms with Crippen molar-refractivity contribution >= 4 is 45.5 Å². The quantitative estimate of drug-likeness (QED) is 0.613. The summed E-state index contributed by atoms with van der Waals surface area (Å²) in [5.41, 5.74) is 3.69. The topological polar surface area (TPSA) is 62.7 Å². The van der Waals surface area contributed by atoms with Crippen molar-refractivity contribution in [2.45, 2.75) is 0 Å². The molecule has 2 aromatic carbocycles. The summed E-state index contributed by atoms with van der Waals surface area (Å²) in [6, 6.07) is 11.9. The lowest BCUT2D eigenvalue weighted by Gasteiger charge is -2.06. The van der Waals surface area contributed by atoms with Crippen LogP contribution in [0.5, 0.6) is 5.75 Å². The zero-order valence-corrected chi connectivity index (χ0v) is 14.0. The molecule has 2 aromatic rings. The smallest absolute Gasteiger partial charge is 0.339 e. The molecule has 0 aliphatic carbocycles. The fourth-order valence-electron chi connectivity index (χ4n) is 1.69. The summed E-state index contributed by atoms with van der Waals surface area (Å²) < 4.78 is 6.10. The molecule has 2 amide bonds. The average molecular weight is 383 g/mol. The lowest BCUT2D eigenvalue weighted by molar-refractivity contribution is 0.252. The number of hydrogen-bond acceptors (Lipinski definition) is 3. The molecule has 0 spiro atoms. The number of anilines is 1. The number of hydrogen-bond donors (Lipinski definition) is 2. The van der Waals surface area contributed by atoms with E-state index < -0.39 is 6.03 Å². The van der Waals surface area contributed by atoms with E-state index in [0.29, 0.717) is 16.5 Å². The van der Waals surface area contributed by atoms with E-state index in [0.717, 1.165) is 10.0 Å². The van der Waals surface area contributed by atoms with Crippen LogP contribution in [0.1, 0.15) is 5.56 Å². The number of rotatable bonds is 4. The van der Waals surface area contributed by atoms with Crippen molar-refractivity contribution in [1.29, 1.82) is 0 Å². The second-order valence-electron chi connectivity index (χ2n) is 4.22. The van der Waals surface area contributed by atoms with E-state index in [2.05, 4.69) is 31.8 Å². The summed E-state index contributed by atoms with van der Waals surface area (Å²) in [6.45, 7) is 0. The van der Waals surface area contributed by atoms with Gasteiger partial charge in [-0.05, 0) is 36.4 Å². The van der Waals surface area contributed by atoms with E-state index in [1.165, 1.54) is 6.21 Å². The van der Waals surface area contributed by atoms with E-state index in [1.807, 2.05) is 12.1 Å². The van der Waals surface area contributed by atoms with E-state index in [4.69, 9.17) is 16.3 Å².